The smallest absolute Gasteiger partial charge is 0.319 e. The van der Waals surface area contributed by atoms with E-state index < -0.39 is 16.6 Å². The molecule has 2 aromatic rings. The lowest BCUT2D eigenvalue weighted by molar-refractivity contribution is 0.0626. The Morgan fingerprint density at radius 1 is 1.25 bits per heavy atom. The summed E-state index contributed by atoms with van der Waals surface area (Å²) in [4.78, 5) is 5.85. The van der Waals surface area contributed by atoms with Crippen LogP contribution in [0.4, 0.5) is 8.78 Å². The predicted molar refractivity (Wildman–Crippen MR) is 79.5 cm³/mol. The fourth-order valence-corrected chi connectivity index (χ4v) is 4.02. The molecule has 132 valence electrons. The molecular weight excluding hydrogens is 344 g/mol. The zero-order chi connectivity index (χ0) is 17.2. The summed E-state index contributed by atoms with van der Waals surface area (Å²) in [7, 11) is -3.47. The van der Waals surface area contributed by atoms with Crippen molar-refractivity contribution in [2.24, 2.45) is 0 Å². The van der Waals surface area contributed by atoms with Gasteiger partial charge >= 0.3 is 6.55 Å². The van der Waals surface area contributed by atoms with Crippen LogP contribution in [0.2, 0.25) is 0 Å². The molecule has 0 aromatic carbocycles. The van der Waals surface area contributed by atoms with Gasteiger partial charge in [0.05, 0.1) is 12.2 Å². The third-order valence-corrected chi connectivity index (χ3v) is 5.68. The van der Waals surface area contributed by atoms with Gasteiger partial charge in [-0.2, -0.15) is 13.1 Å². The summed E-state index contributed by atoms with van der Waals surface area (Å²) in [5.41, 5.74) is 0.358. The summed E-state index contributed by atoms with van der Waals surface area (Å²) in [5.74, 6) is 0.0585. The Morgan fingerprint density at radius 3 is 2.62 bits per heavy atom. The van der Waals surface area contributed by atoms with E-state index in [2.05, 4.69) is 14.7 Å². The second-order valence-electron chi connectivity index (χ2n) is 5.45. The number of hydrogen-bond acceptors (Lipinski definition) is 6. The summed E-state index contributed by atoms with van der Waals surface area (Å²) in [6.45, 7) is -0.867. The monoisotopic (exact) mass is 361 g/mol. The molecule has 0 radical (unpaired) electrons. The van der Waals surface area contributed by atoms with Crippen LogP contribution in [0.1, 0.15) is 18.1 Å². The molecule has 1 aliphatic rings. The van der Waals surface area contributed by atoms with E-state index in [0.717, 1.165) is 4.57 Å². The molecule has 0 saturated carbocycles. The number of rotatable bonds is 6. The molecule has 24 heavy (non-hydrogen) atoms. The van der Waals surface area contributed by atoms with Gasteiger partial charge in [-0.05, 0) is 0 Å². The Labute approximate surface area is 137 Å². The average molecular weight is 361 g/mol. The molecule has 0 amide bonds. The topological polar surface area (TPSA) is 84.5 Å². The average Bonchev–Trinajstić information content (AvgIpc) is 3.19. The number of aromatic nitrogens is 3. The van der Waals surface area contributed by atoms with Crippen LogP contribution in [0.3, 0.4) is 0 Å². The minimum atomic E-state index is -3.47. The van der Waals surface area contributed by atoms with E-state index in [1.165, 1.54) is 29.0 Å². The quantitative estimate of drug-likeness (QED) is 0.761. The second kappa shape index (κ2) is 6.95. The van der Waals surface area contributed by atoms with Gasteiger partial charge in [0.15, 0.2) is 0 Å². The molecule has 0 aliphatic carbocycles. The van der Waals surface area contributed by atoms with Crippen molar-refractivity contribution in [3.8, 4) is 0 Å². The molecule has 1 saturated heterocycles. The Bertz CT molecular complexity index is 754. The van der Waals surface area contributed by atoms with Gasteiger partial charge in [-0.15, -0.1) is 0 Å². The zero-order valence-corrected chi connectivity index (χ0v) is 13.6. The van der Waals surface area contributed by atoms with Crippen molar-refractivity contribution in [3.63, 3.8) is 0 Å². The van der Waals surface area contributed by atoms with Crippen LogP contribution in [0.5, 0.6) is 0 Å². The minimum Gasteiger partial charge on any atom is -0.364 e. The first-order valence-corrected chi connectivity index (χ1v) is 8.96. The van der Waals surface area contributed by atoms with E-state index in [0.29, 0.717) is 31.9 Å². The normalized spacial score (nSPS) is 17.6. The molecule has 3 heterocycles. The van der Waals surface area contributed by atoms with Crippen molar-refractivity contribution in [1.82, 2.24) is 23.9 Å². The van der Waals surface area contributed by atoms with E-state index in [1.807, 2.05) is 4.90 Å². The van der Waals surface area contributed by atoms with Gasteiger partial charge < -0.3 is 4.52 Å². The fourth-order valence-electron chi connectivity index (χ4n) is 2.60. The first-order chi connectivity index (χ1) is 11.5. The third-order valence-electron chi connectivity index (χ3n) is 3.87. The second-order valence-corrected chi connectivity index (χ2v) is 7.42. The standard InChI is InChI=1S/C13H17F2N5O3S/c14-13(15)20-3-2-16-12(20)9-18-4-6-19(7-5-18)24(21,22)10-11-1-8-23-17-11/h1-3,8,13H,4-7,9-10H2. The van der Waals surface area contributed by atoms with E-state index >= 15 is 0 Å². The van der Waals surface area contributed by atoms with E-state index in [1.54, 1.807) is 0 Å². The molecular formula is C13H17F2N5O3S. The van der Waals surface area contributed by atoms with E-state index in [9.17, 15) is 17.2 Å². The Hall–Kier alpha value is -1.85. The van der Waals surface area contributed by atoms with Gasteiger partial charge in [-0.3, -0.25) is 9.47 Å². The summed E-state index contributed by atoms with van der Waals surface area (Å²) in [6, 6.07) is 1.51. The van der Waals surface area contributed by atoms with Gasteiger partial charge in [0.25, 0.3) is 0 Å². The lowest BCUT2D eigenvalue weighted by Gasteiger charge is -2.33. The van der Waals surface area contributed by atoms with Crippen LogP contribution < -0.4 is 0 Å². The molecule has 3 rings (SSSR count). The summed E-state index contributed by atoms with van der Waals surface area (Å²) < 4.78 is 57.1. The highest BCUT2D eigenvalue weighted by molar-refractivity contribution is 7.88. The van der Waals surface area contributed by atoms with Crippen LogP contribution in [-0.2, 0) is 22.3 Å². The van der Waals surface area contributed by atoms with Crippen molar-refractivity contribution < 1.29 is 21.7 Å². The number of hydrogen-bond donors (Lipinski definition) is 0. The maximum Gasteiger partial charge on any atom is 0.319 e. The van der Waals surface area contributed by atoms with Crippen molar-refractivity contribution in [1.29, 1.82) is 0 Å². The number of nitrogens with zero attached hydrogens (tertiary/aromatic N) is 5. The van der Waals surface area contributed by atoms with Gasteiger partial charge in [0, 0.05) is 44.6 Å². The van der Waals surface area contributed by atoms with Gasteiger partial charge in [0.2, 0.25) is 10.0 Å². The van der Waals surface area contributed by atoms with E-state index in [4.69, 9.17) is 0 Å². The van der Waals surface area contributed by atoms with Gasteiger partial charge in [-0.25, -0.2) is 13.4 Å². The minimum absolute atomic E-state index is 0.209. The third kappa shape index (κ3) is 3.79. The predicted octanol–water partition coefficient (Wildman–Crippen LogP) is 0.914. The number of imidazole rings is 1. The highest BCUT2D eigenvalue weighted by Gasteiger charge is 2.28. The highest BCUT2D eigenvalue weighted by Crippen LogP contribution is 2.17. The fraction of sp³-hybridized carbons (Fsp3) is 0.538. The number of alkyl halides is 2. The molecule has 2 aromatic heterocycles. The lowest BCUT2D eigenvalue weighted by atomic mass is 10.3. The summed E-state index contributed by atoms with van der Waals surface area (Å²) in [6.07, 6.45) is 3.90. The molecule has 0 atom stereocenters. The van der Waals surface area contributed by atoms with Crippen molar-refractivity contribution in [3.05, 3.63) is 36.2 Å². The largest absolute Gasteiger partial charge is 0.364 e. The van der Waals surface area contributed by atoms with Gasteiger partial charge in [-0.1, -0.05) is 5.16 Å². The van der Waals surface area contributed by atoms with Crippen molar-refractivity contribution >= 4 is 10.0 Å². The molecule has 0 bridgehead atoms. The number of halogens is 2. The molecule has 8 nitrogen and oxygen atoms in total. The van der Waals surface area contributed by atoms with Crippen LogP contribution in [0, 0.1) is 0 Å². The molecule has 11 heteroatoms. The SMILES string of the molecule is O=S(=O)(Cc1ccon1)N1CCN(Cc2nccn2C(F)F)CC1. The molecule has 1 fully saturated rings. The molecule has 1 aliphatic heterocycles. The van der Waals surface area contributed by atoms with Gasteiger partial charge in [0.1, 0.15) is 17.8 Å². The van der Waals surface area contributed by atoms with E-state index in [-0.39, 0.29) is 18.1 Å². The number of sulfonamides is 1. The summed E-state index contributed by atoms with van der Waals surface area (Å²) >= 11 is 0. The lowest BCUT2D eigenvalue weighted by Crippen LogP contribution is -2.48. The molecule has 0 spiro atoms. The van der Waals surface area contributed by atoms with Crippen LogP contribution in [0.25, 0.3) is 0 Å². The highest BCUT2D eigenvalue weighted by atomic mass is 32.2. The first-order valence-electron chi connectivity index (χ1n) is 7.35. The Balaban J connectivity index is 1.56. The van der Waals surface area contributed by atoms with Crippen LogP contribution >= 0.6 is 0 Å². The van der Waals surface area contributed by atoms with Crippen molar-refractivity contribution in [2.75, 3.05) is 26.2 Å². The summed E-state index contributed by atoms with van der Waals surface area (Å²) in [5, 5.41) is 3.61. The molecule has 0 unspecified atom stereocenters. The Kier molecular flexibility index (Phi) is 4.92. The maximum atomic E-state index is 12.8. The Morgan fingerprint density at radius 2 is 2.00 bits per heavy atom. The first kappa shape index (κ1) is 17.0. The molecule has 0 N–H and O–H groups in total. The van der Waals surface area contributed by atoms with Crippen LogP contribution in [0.15, 0.2) is 29.2 Å². The zero-order valence-electron chi connectivity index (χ0n) is 12.8. The van der Waals surface area contributed by atoms with Crippen LogP contribution in [-0.4, -0.2) is 58.5 Å². The van der Waals surface area contributed by atoms with Crippen molar-refractivity contribution in [2.45, 2.75) is 18.8 Å². The number of piperazine rings is 1. The maximum absolute atomic E-state index is 12.8.